The van der Waals surface area contributed by atoms with E-state index in [0.717, 1.165) is 34.6 Å². The minimum atomic E-state index is -0.00894. The standard InChI is InChI=1S/C25H27NO3S/c1-2-28-23-14-13-20(17-24(23)29-18-21-9-5-3-6-10-21)15-16-26-25(27)30-19-22-11-7-4-8-12-22/h3-14,17H,2,15-16,18-19H2,1H3,(H,26,27). The zero-order chi connectivity index (χ0) is 21.0. The highest BCUT2D eigenvalue weighted by Gasteiger charge is 2.08. The SMILES string of the molecule is CCOc1ccc(CCNC(=O)SCc2ccccc2)cc1OCc1ccccc1. The Morgan fingerprint density at radius 3 is 2.23 bits per heavy atom. The largest absolute Gasteiger partial charge is 0.490 e. The molecular weight excluding hydrogens is 394 g/mol. The number of amides is 1. The number of thioether (sulfide) groups is 1. The van der Waals surface area contributed by atoms with Crippen LogP contribution in [-0.4, -0.2) is 18.4 Å². The van der Waals surface area contributed by atoms with Gasteiger partial charge in [-0.25, -0.2) is 0 Å². The zero-order valence-corrected chi connectivity index (χ0v) is 18.0. The van der Waals surface area contributed by atoms with Gasteiger partial charge in [-0.1, -0.05) is 78.5 Å². The second kappa shape index (κ2) is 11.9. The van der Waals surface area contributed by atoms with E-state index in [1.54, 1.807) is 0 Å². The maximum absolute atomic E-state index is 12.1. The van der Waals surface area contributed by atoms with Gasteiger partial charge in [0.25, 0.3) is 5.24 Å². The molecule has 0 fully saturated rings. The molecule has 3 aromatic carbocycles. The van der Waals surface area contributed by atoms with Crippen LogP contribution in [0.25, 0.3) is 0 Å². The minimum absolute atomic E-state index is 0.00894. The van der Waals surface area contributed by atoms with Crippen LogP contribution < -0.4 is 14.8 Å². The molecule has 0 aliphatic carbocycles. The van der Waals surface area contributed by atoms with Crippen LogP contribution in [0.4, 0.5) is 4.79 Å². The molecule has 1 amide bonds. The molecule has 0 unspecified atom stereocenters. The summed E-state index contributed by atoms with van der Waals surface area (Å²) in [7, 11) is 0. The number of nitrogens with one attached hydrogen (secondary N) is 1. The Kier molecular flexibility index (Phi) is 8.66. The molecule has 0 saturated carbocycles. The van der Waals surface area contributed by atoms with Crippen molar-refractivity contribution in [1.29, 1.82) is 0 Å². The molecule has 1 N–H and O–H groups in total. The van der Waals surface area contributed by atoms with Gasteiger partial charge in [0.1, 0.15) is 6.61 Å². The predicted molar refractivity (Wildman–Crippen MR) is 123 cm³/mol. The summed E-state index contributed by atoms with van der Waals surface area (Å²) in [5, 5.41) is 2.96. The fourth-order valence-corrected chi connectivity index (χ4v) is 3.61. The lowest BCUT2D eigenvalue weighted by Crippen LogP contribution is -2.21. The first kappa shape index (κ1) is 21.8. The molecule has 0 heterocycles. The summed E-state index contributed by atoms with van der Waals surface area (Å²) in [5.41, 5.74) is 3.34. The topological polar surface area (TPSA) is 47.6 Å². The Morgan fingerprint density at radius 2 is 1.53 bits per heavy atom. The third-order valence-corrected chi connectivity index (χ3v) is 5.33. The van der Waals surface area contributed by atoms with E-state index in [-0.39, 0.29) is 5.24 Å². The molecule has 30 heavy (non-hydrogen) atoms. The van der Waals surface area contributed by atoms with Crippen LogP contribution in [0.3, 0.4) is 0 Å². The highest BCUT2D eigenvalue weighted by Crippen LogP contribution is 2.29. The molecule has 3 rings (SSSR count). The molecule has 3 aromatic rings. The van der Waals surface area contributed by atoms with Crippen LogP contribution in [0.1, 0.15) is 23.6 Å². The molecule has 4 nitrogen and oxygen atoms in total. The number of carbonyl (C=O) groups excluding carboxylic acids is 1. The maximum Gasteiger partial charge on any atom is 0.279 e. The summed E-state index contributed by atoms with van der Waals surface area (Å²) in [6.07, 6.45) is 0.728. The smallest absolute Gasteiger partial charge is 0.279 e. The highest BCUT2D eigenvalue weighted by atomic mass is 32.2. The van der Waals surface area contributed by atoms with Gasteiger partial charge in [-0.2, -0.15) is 0 Å². The van der Waals surface area contributed by atoms with Gasteiger partial charge in [0.2, 0.25) is 0 Å². The second-order valence-corrected chi connectivity index (χ2v) is 7.68. The summed E-state index contributed by atoms with van der Waals surface area (Å²) >= 11 is 1.29. The first-order chi connectivity index (χ1) is 14.7. The lowest BCUT2D eigenvalue weighted by atomic mass is 10.1. The van der Waals surface area contributed by atoms with Gasteiger partial charge < -0.3 is 14.8 Å². The van der Waals surface area contributed by atoms with E-state index in [2.05, 4.69) is 5.32 Å². The molecule has 0 aromatic heterocycles. The van der Waals surface area contributed by atoms with E-state index in [1.807, 2.05) is 85.8 Å². The zero-order valence-electron chi connectivity index (χ0n) is 17.2. The summed E-state index contributed by atoms with van der Waals surface area (Å²) < 4.78 is 11.7. The normalized spacial score (nSPS) is 10.4. The summed E-state index contributed by atoms with van der Waals surface area (Å²) in [4.78, 5) is 12.1. The molecule has 5 heteroatoms. The lowest BCUT2D eigenvalue weighted by molar-refractivity contribution is 0.260. The fraction of sp³-hybridized carbons (Fsp3) is 0.240. The average Bonchev–Trinajstić information content (AvgIpc) is 2.79. The molecule has 0 radical (unpaired) electrons. The van der Waals surface area contributed by atoms with Crippen molar-refractivity contribution >= 4 is 17.0 Å². The highest BCUT2D eigenvalue weighted by molar-refractivity contribution is 8.12. The van der Waals surface area contributed by atoms with Crippen molar-refractivity contribution in [3.63, 3.8) is 0 Å². The second-order valence-electron chi connectivity index (χ2n) is 6.73. The molecule has 0 spiro atoms. The Labute approximate surface area is 182 Å². The average molecular weight is 422 g/mol. The lowest BCUT2D eigenvalue weighted by Gasteiger charge is -2.14. The van der Waals surface area contributed by atoms with Crippen LogP contribution >= 0.6 is 11.8 Å². The monoisotopic (exact) mass is 421 g/mol. The number of benzene rings is 3. The summed E-state index contributed by atoms with van der Waals surface area (Å²) in [6, 6.07) is 26.0. The minimum Gasteiger partial charge on any atom is -0.490 e. The van der Waals surface area contributed by atoms with Crippen molar-refractivity contribution in [2.75, 3.05) is 13.2 Å². The van der Waals surface area contributed by atoms with E-state index in [1.165, 1.54) is 11.8 Å². The molecule has 156 valence electrons. The summed E-state index contributed by atoms with van der Waals surface area (Å²) in [6.45, 7) is 3.59. The van der Waals surface area contributed by atoms with Crippen LogP contribution in [-0.2, 0) is 18.8 Å². The Hall–Kier alpha value is -2.92. The van der Waals surface area contributed by atoms with Gasteiger partial charge in [0, 0.05) is 12.3 Å². The van der Waals surface area contributed by atoms with Crippen LogP contribution in [0, 0.1) is 0 Å². The molecule has 0 aliphatic rings. The number of rotatable bonds is 10. The van der Waals surface area contributed by atoms with Crippen molar-refractivity contribution in [2.45, 2.75) is 25.7 Å². The quantitative estimate of drug-likeness (QED) is 0.446. The van der Waals surface area contributed by atoms with Crippen molar-refractivity contribution in [1.82, 2.24) is 5.32 Å². The van der Waals surface area contributed by atoms with Gasteiger partial charge in [0.15, 0.2) is 11.5 Å². The van der Waals surface area contributed by atoms with Crippen molar-refractivity contribution < 1.29 is 14.3 Å². The van der Waals surface area contributed by atoms with Crippen molar-refractivity contribution in [3.05, 3.63) is 95.6 Å². The van der Waals surface area contributed by atoms with Gasteiger partial charge in [-0.05, 0) is 42.2 Å². The number of carbonyl (C=O) groups is 1. The summed E-state index contributed by atoms with van der Waals surface area (Å²) in [5.74, 6) is 2.13. The van der Waals surface area contributed by atoms with Gasteiger partial charge in [-0.3, -0.25) is 4.79 Å². The van der Waals surface area contributed by atoms with Crippen molar-refractivity contribution in [2.24, 2.45) is 0 Å². The Bertz CT molecular complexity index is 916. The van der Waals surface area contributed by atoms with Crippen LogP contribution in [0.15, 0.2) is 78.9 Å². The number of hydrogen-bond acceptors (Lipinski definition) is 4. The Morgan fingerprint density at radius 1 is 0.833 bits per heavy atom. The number of ether oxygens (including phenoxy) is 2. The van der Waals surface area contributed by atoms with Gasteiger partial charge >= 0.3 is 0 Å². The van der Waals surface area contributed by atoms with Crippen LogP contribution in [0.2, 0.25) is 0 Å². The Balaban J connectivity index is 1.50. The van der Waals surface area contributed by atoms with Gasteiger partial charge in [-0.15, -0.1) is 0 Å². The molecule has 0 atom stereocenters. The molecular formula is C25H27NO3S. The first-order valence-corrected chi connectivity index (χ1v) is 11.1. The predicted octanol–water partition coefficient (Wildman–Crippen LogP) is 5.85. The third kappa shape index (κ3) is 7.16. The van der Waals surface area contributed by atoms with Gasteiger partial charge in [0.05, 0.1) is 6.61 Å². The molecule has 0 saturated heterocycles. The fourth-order valence-electron chi connectivity index (χ4n) is 2.91. The first-order valence-electron chi connectivity index (χ1n) is 10.1. The van der Waals surface area contributed by atoms with E-state index >= 15 is 0 Å². The van der Waals surface area contributed by atoms with Crippen LogP contribution in [0.5, 0.6) is 11.5 Å². The molecule has 0 bridgehead atoms. The van der Waals surface area contributed by atoms with Crippen molar-refractivity contribution in [3.8, 4) is 11.5 Å². The number of hydrogen-bond donors (Lipinski definition) is 1. The van der Waals surface area contributed by atoms with E-state index in [0.29, 0.717) is 25.5 Å². The van der Waals surface area contributed by atoms with E-state index in [9.17, 15) is 4.79 Å². The van der Waals surface area contributed by atoms with E-state index < -0.39 is 0 Å². The maximum atomic E-state index is 12.1. The van der Waals surface area contributed by atoms with E-state index in [4.69, 9.17) is 9.47 Å². The molecule has 0 aliphatic heterocycles. The third-order valence-electron chi connectivity index (χ3n) is 4.44.